The van der Waals surface area contributed by atoms with Gasteiger partial charge in [0.15, 0.2) is 0 Å². The van der Waals surface area contributed by atoms with Crippen LogP contribution >= 0.6 is 0 Å². The minimum atomic E-state index is 0. The van der Waals surface area contributed by atoms with Gasteiger partial charge in [-0.3, -0.25) is 6.08 Å². The molecule has 4 heteroatoms. The maximum atomic E-state index is 9.18. The van der Waals surface area contributed by atoms with E-state index >= 15 is 0 Å². The van der Waals surface area contributed by atoms with Crippen molar-refractivity contribution >= 4 is 3.81 Å². The third-order valence-corrected chi connectivity index (χ3v) is 5.32. The van der Waals surface area contributed by atoms with Gasteiger partial charge in [-0.2, -0.15) is 6.08 Å². The molecule has 0 radical (unpaired) electrons. The molecule has 0 fully saturated rings. The van der Waals surface area contributed by atoms with Crippen molar-refractivity contribution in [3.05, 3.63) is 126 Å². The van der Waals surface area contributed by atoms with Crippen molar-refractivity contribution < 1.29 is 49.9 Å². The molecule has 1 nitrogen and oxygen atoms in total. The van der Waals surface area contributed by atoms with Crippen LogP contribution in [0.1, 0.15) is 43.9 Å². The molecule has 0 saturated heterocycles. The fourth-order valence-corrected chi connectivity index (χ4v) is 3.21. The molecule has 1 aliphatic carbocycles. The van der Waals surface area contributed by atoms with E-state index in [1.54, 1.807) is 12.1 Å². The average molecular weight is 500 g/mol. The average Bonchev–Trinajstić information content (AvgIpc) is 3.35. The number of allylic oxidation sites excluding steroid dienone is 4. The zero-order valence-electron chi connectivity index (χ0n) is 18.7. The van der Waals surface area contributed by atoms with Gasteiger partial charge in [-0.1, -0.05) is 32.9 Å². The molecule has 1 N–H and O–H groups in total. The minimum absolute atomic E-state index is 0. The number of halogens is 2. The second-order valence-corrected chi connectivity index (χ2v) is 8.69. The third-order valence-electron chi connectivity index (χ3n) is 4.42. The standard InChI is InChI=1S/C13H10.C10H14O.C5H5.2ClH.Ti/c1-3-7-12(8-4-1)11-13-9-5-2-6-10-13;1-10(2,3)8-5-4-6-9(11)7-8;1-2-4-5-3-1;;;/h1-10H;4-7,11H,1-3H3;1-3H,4H2;2*1H;/q;;-1;;;+1/p-2. The summed E-state index contributed by atoms with van der Waals surface area (Å²) in [5.74, 6) is 0.345. The predicted octanol–water partition coefficient (Wildman–Crippen LogP) is 0.806. The van der Waals surface area contributed by atoms with E-state index in [0.29, 0.717) is 5.75 Å². The molecule has 3 aromatic carbocycles. The number of hydrogen-bond donors (Lipinski definition) is 1. The van der Waals surface area contributed by atoms with Crippen LogP contribution in [0.2, 0.25) is 0 Å². The van der Waals surface area contributed by atoms with Crippen molar-refractivity contribution in [3.63, 3.8) is 0 Å². The van der Waals surface area contributed by atoms with E-state index in [9.17, 15) is 5.11 Å². The van der Waals surface area contributed by atoms with Gasteiger partial charge in [0.1, 0.15) is 5.75 Å². The van der Waals surface area contributed by atoms with Crippen molar-refractivity contribution in [1.82, 2.24) is 0 Å². The van der Waals surface area contributed by atoms with Crippen LogP contribution in [0, 0.1) is 6.08 Å². The fraction of sp³-hybridized carbons (Fsp3) is 0.179. The van der Waals surface area contributed by atoms with Crippen molar-refractivity contribution in [2.45, 2.75) is 32.6 Å². The molecule has 0 unspecified atom stereocenters. The van der Waals surface area contributed by atoms with E-state index in [-0.39, 0.29) is 30.2 Å². The van der Waals surface area contributed by atoms with Crippen LogP contribution in [0.3, 0.4) is 0 Å². The zero-order chi connectivity index (χ0) is 21.8. The van der Waals surface area contributed by atoms with Crippen molar-refractivity contribution in [2.75, 3.05) is 0 Å². The second kappa shape index (κ2) is 15.8. The Bertz CT molecular complexity index is 924. The fourth-order valence-electron chi connectivity index (χ4n) is 2.69. The summed E-state index contributed by atoms with van der Waals surface area (Å²) in [7, 11) is 0. The number of phenolic OH excluding ortho intramolecular Hbond substituents is 1. The summed E-state index contributed by atoms with van der Waals surface area (Å²) in [6.45, 7) is 6.38. The van der Waals surface area contributed by atoms with Crippen LogP contribution < -0.4 is 24.8 Å². The quantitative estimate of drug-likeness (QED) is 0.408. The molecule has 32 heavy (non-hydrogen) atoms. The molecule has 0 aliphatic heterocycles. The molecule has 4 rings (SSSR count). The van der Waals surface area contributed by atoms with Crippen LogP contribution in [0.5, 0.6) is 5.75 Å². The van der Waals surface area contributed by atoms with Gasteiger partial charge in [-0.25, -0.2) is 12.2 Å². The van der Waals surface area contributed by atoms with E-state index in [1.807, 2.05) is 36.4 Å². The Morgan fingerprint density at radius 1 is 0.812 bits per heavy atom. The number of hydrogen-bond acceptors (Lipinski definition) is 1. The monoisotopic (exact) mass is 499 g/mol. The Balaban J connectivity index is 0.000000478. The topological polar surface area (TPSA) is 20.2 Å². The van der Waals surface area contributed by atoms with Gasteiger partial charge >= 0.3 is 95.6 Å². The summed E-state index contributed by atoms with van der Waals surface area (Å²) in [6.07, 6.45) is 10.0. The summed E-state index contributed by atoms with van der Waals surface area (Å²) in [5.41, 5.74) is 3.87. The maximum absolute atomic E-state index is 9.18. The molecule has 3 aromatic rings. The van der Waals surface area contributed by atoms with Crippen molar-refractivity contribution in [3.8, 4) is 5.75 Å². The van der Waals surface area contributed by atoms with E-state index in [0.717, 1.165) is 12.0 Å². The van der Waals surface area contributed by atoms with Gasteiger partial charge in [0.2, 0.25) is 0 Å². The van der Waals surface area contributed by atoms with Gasteiger partial charge < -0.3 is 29.9 Å². The summed E-state index contributed by atoms with van der Waals surface area (Å²) < 4.78 is 1.33. The Kier molecular flexibility index (Phi) is 14.9. The summed E-state index contributed by atoms with van der Waals surface area (Å²) >= 11 is 2.16. The Morgan fingerprint density at radius 2 is 1.34 bits per heavy atom. The van der Waals surface area contributed by atoms with Gasteiger partial charge in [0, 0.05) is 0 Å². The first-order valence-corrected chi connectivity index (χ1v) is 10.9. The van der Waals surface area contributed by atoms with Gasteiger partial charge in [-0.05, 0) is 23.1 Å². The Morgan fingerprint density at radius 3 is 1.66 bits per heavy atom. The molecule has 0 atom stereocenters. The zero-order valence-corrected chi connectivity index (χ0v) is 21.8. The first-order chi connectivity index (χ1) is 14.4. The molecule has 0 spiro atoms. The molecule has 0 heterocycles. The first kappa shape index (κ1) is 30.1. The number of phenols is 1. The predicted molar refractivity (Wildman–Crippen MR) is 124 cm³/mol. The molecule has 0 aromatic heterocycles. The van der Waals surface area contributed by atoms with Gasteiger partial charge in [-0.15, -0.1) is 6.42 Å². The first-order valence-electron chi connectivity index (χ1n) is 10.1. The van der Waals surface area contributed by atoms with Crippen LogP contribution in [0.4, 0.5) is 0 Å². The molecular formula is C28H29Cl2OTi-2. The van der Waals surface area contributed by atoms with Crippen LogP contribution in [0.25, 0.3) is 0 Å². The third kappa shape index (κ3) is 11.1. The molecule has 167 valence electrons. The van der Waals surface area contributed by atoms with Gasteiger partial charge in [0.05, 0.1) is 0 Å². The summed E-state index contributed by atoms with van der Waals surface area (Å²) in [5, 5.41) is 9.18. The van der Waals surface area contributed by atoms with Crippen LogP contribution in [-0.4, -0.2) is 8.92 Å². The van der Waals surface area contributed by atoms with E-state index < -0.39 is 0 Å². The SMILES string of the molecule is CC(C)(C)c1cccc(O)c1.[C-]1=CC=CC1.[Cl-].[Cl-].[Ti+]=[C](c1ccccc1)c1ccccc1. The molecule has 0 bridgehead atoms. The number of benzene rings is 3. The Hall–Kier alpha value is -1.90. The normalized spacial score (nSPS) is 11.0. The van der Waals surface area contributed by atoms with E-state index in [1.165, 1.54) is 14.9 Å². The number of rotatable bonds is 2. The molecule has 1 aliphatic rings. The van der Waals surface area contributed by atoms with Crippen molar-refractivity contribution in [1.29, 1.82) is 0 Å². The van der Waals surface area contributed by atoms with E-state index in [2.05, 4.69) is 101 Å². The summed E-state index contributed by atoms with van der Waals surface area (Å²) in [4.78, 5) is 0. The molecule has 0 saturated carbocycles. The van der Waals surface area contributed by atoms with Crippen molar-refractivity contribution in [2.24, 2.45) is 0 Å². The molecular weight excluding hydrogens is 471 g/mol. The second-order valence-electron chi connectivity index (χ2n) is 7.91. The van der Waals surface area contributed by atoms with Crippen LogP contribution in [0.15, 0.2) is 103 Å². The summed E-state index contributed by atoms with van der Waals surface area (Å²) in [6, 6.07) is 28.3. The number of aromatic hydroxyl groups is 1. The molecule has 0 amide bonds. The van der Waals surface area contributed by atoms with E-state index in [4.69, 9.17) is 0 Å². The Labute approximate surface area is 217 Å². The van der Waals surface area contributed by atoms with Crippen LogP contribution in [-0.2, 0) is 25.4 Å². The van der Waals surface area contributed by atoms with Gasteiger partial charge in [0.25, 0.3) is 0 Å².